The van der Waals surface area contributed by atoms with Crippen LogP contribution in [0.5, 0.6) is 11.5 Å². The van der Waals surface area contributed by atoms with Crippen LogP contribution in [-0.2, 0) is 16.4 Å². The monoisotopic (exact) mass is 349 g/mol. The van der Waals surface area contributed by atoms with Crippen LogP contribution in [-0.4, -0.2) is 30.2 Å². The smallest absolute Gasteiger partial charge is 0.231 e. The molecule has 24 heavy (non-hydrogen) atoms. The van der Waals surface area contributed by atoms with E-state index in [0.29, 0.717) is 18.1 Å². The molecule has 0 aliphatic carbocycles. The van der Waals surface area contributed by atoms with E-state index in [4.69, 9.17) is 9.47 Å². The molecule has 1 aromatic carbocycles. The largest absolute Gasteiger partial charge is 0.454 e. The maximum Gasteiger partial charge on any atom is 0.231 e. The van der Waals surface area contributed by atoms with Crippen molar-refractivity contribution in [2.75, 3.05) is 12.1 Å². The first-order valence-corrected chi connectivity index (χ1v) is 8.96. The second-order valence-corrected chi connectivity index (χ2v) is 9.06. The van der Waals surface area contributed by atoms with Gasteiger partial charge < -0.3 is 14.8 Å². The number of nitrogens with zero attached hydrogens (tertiary/aromatic N) is 2. The first kappa shape index (κ1) is 16.5. The van der Waals surface area contributed by atoms with Crippen LogP contribution in [0.2, 0.25) is 0 Å². The fourth-order valence-electron chi connectivity index (χ4n) is 2.11. The Hall–Kier alpha value is -2.35. The first-order chi connectivity index (χ1) is 11.3. The molecule has 0 amide bonds. The summed E-state index contributed by atoms with van der Waals surface area (Å²) in [5.74, 6) is 1.95. The van der Waals surface area contributed by atoms with Gasteiger partial charge in [-0.3, -0.25) is 0 Å². The Kier molecular flexibility index (Phi) is 4.08. The molecule has 0 saturated heterocycles. The topological polar surface area (TPSA) is 90.4 Å². The summed E-state index contributed by atoms with van der Waals surface area (Å²) in [6.45, 7) is 5.65. The molecule has 0 bridgehead atoms. The third kappa shape index (κ3) is 3.14. The Morgan fingerprint density at radius 1 is 1.08 bits per heavy atom. The Balaban J connectivity index is 1.69. The highest BCUT2D eigenvalue weighted by Gasteiger charge is 2.32. The van der Waals surface area contributed by atoms with E-state index < -0.39 is 14.6 Å². The van der Waals surface area contributed by atoms with Crippen molar-refractivity contribution >= 4 is 15.7 Å². The normalized spacial score (nSPS) is 13.8. The van der Waals surface area contributed by atoms with E-state index in [9.17, 15) is 8.42 Å². The van der Waals surface area contributed by atoms with E-state index in [1.54, 1.807) is 26.8 Å². The predicted octanol–water partition coefficient (Wildman–Crippen LogP) is 2.39. The molecular weight excluding hydrogens is 330 g/mol. The number of benzene rings is 1. The number of anilines is 1. The minimum Gasteiger partial charge on any atom is -0.454 e. The van der Waals surface area contributed by atoms with Crippen molar-refractivity contribution < 1.29 is 17.9 Å². The number of hydrogen-bond acceptors (Lipinski definition) is 7. The Bertz CT molecular complexity index is 843. The molecule has 0 radical (unpaired) electrons. The molecule has 2 aromatic rings. The van der Waals surface area contributed by atoms with Crippen LogP contribution in [0.4, 0.5) is 5.82 Å². The molecule has 0 fully saturated rings. The predicted molar refractivity (Wildman–Crippen MR) is 88.9 cm³/mol. The van der Waals surface area contributed by atoms with E-state index in [1.165, 1.54) is 6.07 Å². The number of aromatic nitrogens is 2. The van der Waals surface area contributed by atoms with Gasteiger partial charge in [0, 0.05) is 6.54 Å². The van der Waals surface area contributed by atoms with E-state index in [-0.39, 0.29) is 11.8 Å². The van der Waals surface area contributed by atoms with Crippen molar-refractivity contribution in [3.63, 3.8) is 0 Å². The lowest BCUT2D eigenvalue weighted by molar-refractivity contribution is 0.174. The summed E-state index contributed by atoms with van der Waals surface area (Å²) in [6.07, 6.45) is 0. The lowest BCUT2D eigenvalue weighted by Crippen LogP contribution is -2.28. The molecule has 1 N–H and O–H groups in total. The summed E-state index contributed by atoms with van der Waals surface area (Å²) in [4.78, 5) is 0. The molecular formula is C16H19N3O4S. The van der Waals surface area contributed by atoms with Gasteiger partial charge in [-0.15, -0.1) is 10.2 Å². The zero-order chi connectivity index (χ0) is 17.4. The van der Waals surface area contributed by atoms with Crippen LogP contribution in [0, 0.1) is 0 Å². The summed E-state index contributed by atoms with van der Waals surface area (Å²) in [5.41, 5.74) is 0.993. The molecule has 7 nitrogen and oxygen atoms in total. The van der Waals surface area contributed by atoms with Crippen molar-refractivity contribution in [3.05, 3.63) is 35.9 Å². The van der Waals surface area contributed by atoms with Crippen LogP contribution in [0.3, 0.4) is 0 Å². The molecule has 0 unspecified atom stereocenters. The summed E-state index contributed by atoms with van der Waals surface area (Å²) < 4.78 is 34.3. The lowest BCUT2D eigenvalue weighted by Gasteiger charge is -2.18. The van der Waals surface area contributed by atoms with Gasteiger partial charge >= 0.3 is 0 Å². The fourth-order valence-corrected chi connectivity index (χ4v) is 3.14. The first-order valence-electron chi connectivity index (χ1n) is 7.48. The number of sulfone groups is 1. The molecule has 1 aromatic heterocycles. The Morgan fingerprint density at radius 2 is 1.83 bits per heavy atom. The molecule has 0 saturated carbocycles. The average molecular weight is 349 g/mol. The quantitative estimate of drug-likeness (QED) is 0.906. The number of nitrogens with one attached hydrogen (secondary N) is 1. The van der Waals surface area contributed by atoms with E-state index in [1.807, 2.05) is 18.2 Å². The second-order valence-electron chi connectivity index (χ2n) is 6.41. The van der Waals surface area contributed by atoms with Crippen LogP contribution < -0.4 is 14.8 Å². The van der Waals surface area contributed by atoms with Crippen LogP contribution in [0.25, 0.3) is 0 Å². The number of hydrogen-bond donors (Lipinski definition) is 1. The van der Waals surface area contributed by atoms with Gasteiger partial charge in [0.25, 0.3) is 0 Å². The molecule has 1 aliphatic heterocycles. The van der Waals surface area contributed by atoms with Gasteiger partial charge in [-0.1, -0.05) is 6.07 Å². The standard InChI is InChI=1S/C16H19N3O4S/c1-16(2,3)24(20,21)15-7-6-14(18-19-15)17-9-11-4-5-12-13(8-11)23-10-22-12/h4-8H,9-10H2,1-3H3,(H,17,18). The van der Waals surface area contributed by atoms with Crippen molar-refractivity contribution in [1.29, 1.82) is 0 Å². The summed E-state index contributed by atoms with van der Waals surface area (Å²) in [5, 5.41) is 10.9. The van der Waals surface area contributed by atoms with Gasteiger partial charge in [-0.05, 0) is 50.6 Å². The summed E-state index contributed by atoms with van der Waals surface area (Å²) >= 11 is 0. The molecule has 0 spiro atoms. The highest BCUT2D eigenvalue weighted by molar-refractivity contribution is 7.92. The van der Waals surface area contributed by atoms with Crippen LogP contribution in [0.15, 0.2) is 35.4 Å². The minimum absolute atomic E-state index is 0.0244. The molecule has 8 heteroatoms. The van der Waals surface area contributed by atoms with E-state index >= 15 is 0 Å². The average Bonchev–Trinajstić information content (AvgIpc) is 3.00. The van der Waals surface area contributed by atoms with Crippen molar-refractivity contribution in [2.45, 2.75) is 37.1 Å². The van der Waals surface area contributed by atoms with Gasteiger partial charge in [-0.2, -0.15) is 0 Å². The van der Waals surface area contributed by atoms with Gasteiger partial charge in [0.1, 0.15) is 5.82 Å². The summed E-state index contributed by atoms with van der Waals surface area (Å²) in [6, 6.07) is 8.74. The molecule has 128 valence electrons. The van der Waals surface area contributed by atoms with Crippen molar-refractivity contribution in [2.24, 2.45) is 0 Å². The highest BCUT2D eigenvalue weighted by atomic mass is 32.2. The number of ether oxygens (including phenoxy) is 2. The van der Waals surface area contributed by atoms with Gasteiger partial charge in [-0.25, -0.2) is 8.42 Å². The lowest BCUT2D eigenvalue weighted by atomic mass is 10.2. The third-order valence-corrected chi connectivity index (χ3v) is 6.01. The van der Waals surface area contributed by atoms with Gasteiger partial charge in [0.2, 0.25) is 16.6 Å². The molecule has 2 heterocycles. The summed E-state index contributed by atoms with van der Waals surface area (Å²) in [7, 11) is -3.50. The van der Waals surface area contributed by atoms with Crippen molar-refractivity contribution in [3.8, 4) is 11.5 Å². The zero-order valence-corrected chi connectivity index (χ0v) is 14.6. The third-order valence-electron chi connectivity index (χ3n) is 3.63. The fraction of sp³-hybridized carbons (Fsp3) is 0.375. The SMILES string of the molecule is CC(C)(C)S(=O)(=O)c1ccc(NCc2ccc3c(c2)OCO3)nn1. The second kappa shape index (κ2) is 5.94. The Morgan fingerprint density at radius 3 is 2.50 bits per heavy atom. The van der Waals surface area contributed by atoms with Gasteiger partial charge in [0.05, 0.1) is 4.75 Å². The maximum atomic E-state index is 12.3. The van der Waals surface area contributed by atoms with Crippen LogP contribution >= 0.6 is 0 Å². The maximum absolute atomic E-state index is 12.3. The number of rotatable bonds is 4. The van der Waals surface area contributed by atoms with Crippen molar-refractivity contribution in [1.82, 2.24) is 10.2 Å². The van der Waals surface area contributed by atoms with Crippen LogP contribution in [0.1, 0.15) is 26.3 Å². The van der Waals surface area contributed by atoms with E-state index in [2.05, 4.69) is 15.5 Å². The zero-order valence-electron chi connectivity index (χ0n) is 13.7. The molecule has 0 atom stereocenters. The van der Waals surface area contributed by atoms with E-state index in [0.717, 1.165) is 11.3 Å². The minimum atomic E-state index is -3.50. The van der Waals surface area contributed by atoms with Gasteiger partial charge in [0.15, 0.2) is 16.5 Å². The molecule has 3 rings (SSSR count). The molecule has 1 aliphatic rings. The Labute approximate surface area is 140 Å². The highest BCUT2D eigenvalue weighted by Crippen LogP contribution is 2.32. The number of fused-ring (bicyclic) bond motifs is 1.